The predicted molar refractivity (Wildman–Crippen MR) is 81.6 cm³/mol. The van der Waals surface area contributed by atoms with Crippen LogP contribution in [0, 0.1) is 5.82 Å². The van der Waals surface area contributed by atoms with Crippen LogP contribution >= 0.6 is 0 Å². The van der Waals surface area contributed by atoms with E-state index in [0.29, 0.717) is 23.0 Å². The molecule has 1 aliphatic carbocycles. The third kappa shape index (κ3) is 2.43. The van der Waals surface area contributed by atoms with Crippen LogP contribution in [0.5, 0.6) is 0 Å². The van der Waals surface area contributed by atoms with E-state index in [2.05, 4.69) is 20.3 Å². The van der Waals surface area contributed by atoms with Gasteiger partial charge in [0.2, 0.25) is 0 Å². The molecule has 2 heterocycles. The van der Waals surface area contributed by atoms with Crippen LogP contribution in [-0.4, -0.2) is 20.3 Å². The van der Waals surface area contributed by atoms with Gasteiger partial charge in [-0.3, -0.25) is 5.10 Å². The number of nitrogens with two attached hydrogens (primary N) is 1. The van der Waals surface area contributed by atoms with Crippen LogP contribution in [-0.2, 0) is 5.54 Å². The first kappa shape index (κ1) is 14.1. The standard InChI is InChI=1S/C16H16FN5O/c17-11-5-3-10(4-6-11)13-12(9-19-21-13)14-20-15(22-23-14)16(18)7-1-2-8-16/h3-6,9H,1-2,7-8,18H2,(H,19,21). The van der Waals surface area contributed by atoms with Crippen LogP contribution in [0.4, 0.5) is 4.39 Å². The summed E-state index contributed by atoms with van der Waals surface area (Å²) in [5.41, 5.74) is 8.04. The van der Waals surface area contributed by atoms with Gasteiger partial charge in [-0.25, -0.2) is 4.39 Å². The summed E-state index contributed by atoms with van der Waals surface area (Å²) in [5, 5.41) is 11.0. The number of benzene rings is 1. The van der Waals surface area contributed by atoms with Crippen LogP contribution < -0.4 is 5.73 Å². The third-order valence-electron chi connectivity index (χ3n) is 4.37. The SMILES string of the molecule is NC1(c2noc(-c3cn[nH]c3-c3ccc(F)cc3)n2)CCCC1. The van der Waals surface area contributed by atoms with Gasteiger partial charge < -0.3 is 10.3 Å². The number of rotatable bonds is 3. The summed E-state index contributed by atoms with van der Waals surface area (Å²) in [7, 11) is 0. The fourth-order valence-corrected chi connectivity index (χ4v) is 3.05. The Kier molecular flexibility index (Phi) is 3.23. The van der Waals surface area contributed by atoms with E-state index in [1.165, 1.54) is 12.1 Å². The van der Waals surface area contributed by atoms with E-state index in [1.54, 1.807) is 18.3 Å². The smallest absolute Gasteiger partial charge is 0.261 e. The second-order valence-corrected chi connectivity index (χ2v) is 5.95. The van der Waals surface area contributed by atoms with Gasteiger partial charge in [-0.1, -0.05) is 18.0 Å². The van der Waals surface area contributed by atoms with E-state index in [-0.39, 0.29) is 5.82 Å². The van der Waals surface area contributed by atoms with Gasteiger partial charge in [-0.15, -0.1) is 0 Å². The number of H-pyrrole nitrogens is 1. The van der Waals surface area contributed by atoms with Crippen molar-refractivity contribution < 1.29 is 8.91 Å². The molecule has 7 heteroatoms. The molecule has 6 nitrogen and oxygen atoms in total. The summed E-state index contributed by atoms with van der Waals surface area (Å²) in [6.07, 6.45) is 5.50. The van der Waals surface area contributed by atoms with E-state index in [0.717, 1.165) is 31.2 Å². The number of nitrogens with zero attached hydrogens (tertiary/aromatic N) is 3. The molecule has 0 unspecified atom stereocenters. The lowest BCUT2D eigenvalue weighted by molar-refractivity contribution is 0.372. The highest BCUT2D eigenvalue weighted by molar-refractivity contribution is 5.76. The molecule has 0 atom stereocenters. The van der Waals surface area contributed by atoms with Crippen LogP contribution in [0.1, 0.15) is 31.5 Å². The summed E-state index contributed by atoms with van der Waals surface area (Å²) in [5.74, 6) is 0.613. The van der Waals surface area contributed by atoms with Gasteiger partial charge >= 0.3 is 0 Å². The number of halogens is 1. The van der Waals surface area contributed by atoms with Gasteiger partial charge in [0, 0.05) is 5.56 Å². The number of aromatic nitrogens is 4. The monoisotopic (exact) mass is 313 g/mol. The third-order valence-corrected chi connectivity index (χ3v) is 4.37. The first-order valence-electron chi connectivity index (χ1n) is 7.58. The highest BCUT2D eigenvalue weighted by atomic mass is 19.1. The highest BCUT2D eigenvalue weighted by Gasteiger charge is 2.36. The highest BCUT2D eigenvalue weighted by Crippen LogP contribution is 2.36. The molecule has 0 aliphatic heterocycles. The Balaban J connectivity index is 1.71. The Morgan fingerprint density at radius 1 is 1.17 bits per heavy atom. The fraction of sp³-hybridized carbons (Fsp3) is 0.312. The minimum Gasteiger partial charge on any atom is -0.334 e. The van der Waals surface area contributed by atoms with E-state index >= 15 is 0 Å². The van der Waals surface area contributed by atoms with Crippen molar-refractivity contribution in [3.05, 3.63) is 42.1 Å². The quantitative estimate of drug-likeness (QED) is 0.775. The molecule has 1 saturated carbocycles. The molecule has 3 N–H and O–H groups in total. The maximum Gasteiger partial charge on any atom is 0.261 e. The molecule has 3 aromatic rings. The van der Waals surface area contributed by atoms with Gasteiger partial charge in [0.25, 0.3) is 5.89 Å². The Labute approximate surface area is 131 Å². The number of aromatic amines is 1. The fourth-order valence-electron chi connectivity index (χ4n) is 3.05. The molecule has 1 aliphatic rings. The van der Waals surface area contributed by atoms with E-state index in [1.807, 2.05) is 0 Å². The molecule has 118 valence electrons. The first-order valence-corrected chi connectivity index (χ1v) is 7.58. The van der Waals surface area contributed by atoms with Crippen molar-refractivity contribution in [3.63, 3.8) is 0 Å². The molecular weight excluding hydrogens is 297 g/mol. The maximum atomic E-state index is 13.1. The lowest BCUT2D eigenvalue weighted by Gasteiger charge is -2.17. The minimum atomic E-state index is -0.498. The molecule has 0 amide bonds. The molecule has 1 aromatic carbocycles. The van der Waals surface area contributed by atoms with E-state index in [4.69, 9.17) is 10.3 Å². The van der Waals surface area contributed by atoms with Crippen molar-refractivity contribution in [2.45, 2.75) is 31.2 Å². The van der Waals surface area contributed by atoms with Gasteiger partial charge in [0.05, 0.1) is 23.0 Å². The molecule has 0 spiro atoms. The van der Waals surface area contributed by atoms with Crippen LogP contribution in [0.15, 0.2) is 35.0 Å². The average Bonchev–Trinajstić information content (AvgIpc) is 3.27. The Morgan fingerprint density at radius 3 is 2.65 bits per heavy atom. The Hall–Kier alpha value is -2.54. The predicted octanol–water partition coefficient (Wildman–Crippen LogP) is 2.99. The molecule has 2 aromatic heterocycles. The van der Waals surface area contributed by atoms with E-state index < -0.39 is 5.54 Å². The van der Waals surface area contributed by atoms with Gasteiger partial charge in [0.15, 0.2) is 5.82 Å². The largest absolute Gasteiger partial charge is 0.334 e. The summed E-state index contributed by atoms with van der Waals surface area (Å²) >= 11 is 0. The molecular formula is C16H16FN5O. The van der Waals surface area contributed by atoms with Crippen molar-refractivity contribution >= 4 is 0 Å². The topological polar surface area (TPSA) is 93.6 Å². The lowest BCUT2D eigenvalue weighted by Crippen LogP contribution is -2.34. The van der Waals surface area contributed by atoms with Gasteiger partial charge in [0.1, 0.15) is 5.82 Å². The summed E-state index contributed by atoms with van der Waals surface area (Å²) in [6.45, 7) is 0. The Bertz CT molecular complexity index is 817. The zero-order valence-electron chi connectivity index (χ0n) is 12.4. The van der Waals surface area contributed by atoms with Crippen molar-refractivity contribution in [2.75, 3.05) is 0 Å². The lowest BCUT2D eigenvalue weighted by atomic mass is 9.98. The number of nitrogens with one attached hydrogen (secondary N) is 1. The molecule has 0 bridgehead atoms. The number of hydrogen-bond acceptors (Lipinski definition) is 5. The Morgan fingerprint density at radius 2 is 1.91 bits per heavy atom. The second-order valence-electron chi connectivity index (χ2n) is 5.95. The summed E-state index contributed by atoms with van der Waals surface area (Å²) in [4.78, 5) is 4.47. The van der Waals surface area contributed by atoms with Crippen molar-refractivity contribution in [3.8, 4) is 22.7 Å². The molecule has 4 rings (SSSR count). The second kappa shape index (κ2) is 5.27. The average molecular weight is 313 g/mol. The molecule has 0 saturated heterocycles. The zero-order chi connectivity index (χ0) is 15.9. The molecule has 23 heavy (non-hydrogen) atoms. The summed E-state index contributed by atoms with van der Waals surface area (Å²) in [6, 6.07) is 6.13. The maximum absolute atomic E-state index is 13.1. The number of hydrogen-bond donors (Lipinski definition) is 2. The van der Waals surface area contributed by atoms with Crippen LogP contribution in [0.25, 0.3) is 22.7 Å². The molecule has 0 radical (unpaired) electrons. The normalized spacial score (nSPS) is 16.8. The van der Waals surface area contributed by atoms with Crippen LogP contribution in [0.2, 0.25) is 0 Å². The minimum absolute atomic E-state index is 0.291. The summed E-state index contributed by atoms with van der Waals surface area (Å²) < 4.78 is 18.5. The van der Waals surface area contributed by atoms with Gasteiger partial charge in [-0.2, -0.15) is 10.1 Å². The zero-order valence-corrected chi connectivity index (χ0v) is 12.4. The first-order chi connectivity index (χ1) is 11.2. The van der Waals surface area contributed by atoms with Crippen LogP contribution in [0.3, 0.4) is 0 Å². The van der Waals surface area contributed by atoms with Crippen molar-refractivity contribution in [1.82, 2.24) is 20.3 Å². The van der Waals surface area contributed by atoms with Crippen molar-refractivity contribution in [2.24, 2.45) is 5.73 Å². The molecule has 1 fully saturated rings. The van der Waals surface area contributed by atoms with Crippen molar-refractivity contribution in [1.29, 1.82) is 0 Å². The van der Waals surface area contributed by atoms with Gasteiger partial charge in [-0.05, 0) is 37.1 Å². The van der Waals surface area contributed by atoms with E-state index in [9.17, 15) is 4.39 Å².